The molecule has 1 aliphatic rings. The van der Waals surface area contributed by atoms with Crippen LogP contribution in [-0.4, -0.2) is 43.2 Å². The van der Waals surface area contributed by atoms with Gasteiger partial charge >= 0.3 is 12.1 Å². The van der Waals surface area contributed by atoms with E-state index in [9.17, 15) is 18.0 Å². The van der Waals surface area contributed by atoms with Crippen LogP contribution in [0, 0.1) is 11.8 Å². The van der Waals surface area contributed by atoms with E-state index in [0.29, 0.717) is 24.2 Å². The van der Waals surface area contributed by atoms with Crippen LogP contribution in [0.25, 0.3) is 0 Å². The summed E-state index contributed by atoms with van der Waals surface area (Å²) in [4.78, 5) is 13.2. The average molecular weight is 344 g/mol. The quantitative estimate of drug-likeness (QED) is 0.888. The van der Waals surface area contributed by atoms with Crippen molar-refractivity contribution in [3.8, 4) is 5.75 Å². The fourth-order valence-corrected chi connectivity index (χ4v) is 3.10. The van der Waals surface area contributed by atoms with Gasteiger partial charge < -0.3 is 10.1 Å². The first-order chi connectivity index (χ1) is 11.2. The lowest BCUT2D eigenvalue weighted by molar-refractivity contribution is -0.167. The zero-order valence-electron chi connectivity index (χ0n) is 13.9. The highest BCUT2D eigenvalue weighted by Crippen LogP contribution is 2.22. The van der Waals surface area contributed by atoms with Crippen molar-refractivity contribution in [2.24, 2.45) is 11.8 Å². The Kier molecular flexibility index (Phi) is 6.10. The lowest BCUT2D eigenvalue weighted by Crippen LogP contribution is -2.40. The molecule has 0 aromatic heterocycles. The third kappa shape index (κ3) is 5.70. The number of carbonyl (C=O) groups excluding carboxylic acids is 1. The standard InChI is InChI=1S/C17H23F3N2O2/c1-12-9-13(2)11-22(10-12)7-8-24-15-5-3-14(4-6-15)21-16(23)17(18,19)20/h3-6,12-13H,7-11H2,1-2H3,(H,21,23)/t12-,13-/m1/s1. The topological polar surface area (TPSA) is 41.6 Å². The minimum absolute atomic E-state index is 0.0864. The molecule has 1 aliphatic heterocycles. The van der Waals surface area contributed by atoms with Gasteiger partial charge in [0.25, 0.3) is 0 Å². The minimum Gasteiger partial charge on any atom is -0.492 e. The number of likely N-dealkylation sites (tertiary alicyclic amines) is 1. The fraction of sp³-hybridized carbons (Fsp3) is 0.588. The Bertz CT molecular complexity index is 536. The number of nitrogens with one attached hydrogen (secondary N) is 1. The molecule has 1 aromatic rings. The molecule has 134 valence electrons. The highest BCUT2D eigenvalue weighted by Gasteiger charge is 2.38. The molecule has 0 saturated carbocycles. The number of hydrogen-bond acceptors (Lipinski definition) is 3. The summed E-state index contributed by atoms with van der Waals surface area (Å²) in [6.07, 6.45) is -3.64. The molecule has 0 radical (unpaired) electrons. The summed E-state index contributed by atoms with van der Waals surface area (Å²) in [6, 6.07) is 5.88. The molecule has 0 bridgehead atoms. The smallest absolute Gasteiger partial charge is 0.471 e. The van der Waals surface area contributed by atoms with Crippen LogP contribution in [0.15, 0.2) is 24.3 Å². The number of nitrogens with zero attached hydrogens (tertiary/aromatic N) is 1. The van der Waals surface area contributed by atoms with E-state index in [0.717, 1.165) is 19.6 Å². The largest absolute Gasteiger partial charge is 0.492 e. The average Bonchev–Trinajstić information content (AvgIpc) is 2.47. The van der Waals surface area contributed by atoms with Crippen molar-refractivity contribution in [2.75, 3.05) is 31.6 Å². The normalized spacial score (nSPS) is 22.2. The van der Waals surface area contributed by atoms with Crippen molar-refractivity contribution in [1.82, 2.24) is 4.90 Å². The summed E-state index contributed by atoms with van der Waals surface area (Å²) >= 11 is 0. The Hall–Kier alpha value is -1.76. The van der Waals surface area contributed by atoms with Gasteiger partial charge in [0, 0.05) is 25.3 Å². The molecule has 1 fully saturated rings. The lowest BCUT2D eigenvalue weighted by atomic mass is 9.92. The number of piperidine rings is 1. The molecule has 0 spiro atoms. The number of rotatable bonds is 5. The Labute approximate surface area is 140 Å². The number of halogens is 3. The summed E-state index contributed by atoms with van der Waals surface area (Å²) in [5, 5.41) is 1.80. The summed E-state index contributed by atoms with van der Waals surface area (Å²) in [6.45, 7) is 7.97. The summed E-state index contributed by atoms with van der Waals surface area (Å²) in [5.41, 5.74) is 0.0864. The number of hydrogen-bond donors (Lipinski definition) is 1. The molecule has 24 heavy (non-hydrogen) atoms. The molecule has 1 saturated heterocycles. The predicted molar refractivity (Wildman–Crippen MR) is 86.0 cm³/mol. The van der Waals surface area contributed by atoms with Crippen molar-refractivity contribution < 1.29 is 22.7 Å². The van der Waals surface area contributed by atoms with Crippen molar-refractivity contribution in [3.05, 3.63) is 24.3 Å². The van der Waals surface area contributed by atoms with Gasteiger partial charge in [0.1, 0.15) is 12.4 Å². The van der Waals surface area contributed by atoms with Gasteiger partial charge in [-0.05, 0) is 42.5 Å². The molecule has 2 rings (SSSR count). The third-order valence-corrected chi connectivity index (χ3v) is 3.99. The van der Waals surface area contributed by atoms with Gasteiger partial charge in [-0.25, -0.2) is 0 Å². The van der Waals surface area contributed by atoms with Crippen LogP contribution in [0.3, 0.4) is 0 Å². The number of carbonyl (C=O) groups is 1. The van der Waals surface area contributed by atoms with E-state index < -0.39 is 12.1 Å². The first-order valence-electron chi connectivity index (χ1n) is 8.07. The predicted octanol–water partition coefficient (Wildman–Crippen LogP) is 3.54. The van der Waals surface area contributed by atoms with Crippen molar-refractivity contribution in [1.29, 1.82) is 0 Å². The van der Waals surface area contributed by atoms with Crippen LogP contribution in [-0.2, 0) is 4.79 Å². The number of alkyl halides is 3. The first kappa shape index (κ1) is 18.6. The van der Waals surface area contributed by atoms with E-state index >= 15 is 0 Å². The zero-order valence-corrected chi connectivity index (χ0v) is 13.9. The Balaban J connectivity index is 1.77. The molecule has 4 nitrogen and oxygen atoms in total. The van der Waals surface area contributed by atoms with Crippen LogP contribution < -0.4 is 10.1 Å². The first-order valence-corrected chi connectivity index (χ1v) is 8.07. The minimum atomic E-state index is -4.89. The lowest BCUT2D eigenvalue weighted by Gasteiger charge is -2.34. The van der Waals surface area contributed by atoms with Gasteiger partial charge in [-0.3, -0.25) is 9.69 Å². The van der Waals surface area contributed by atoms with E-state index in [1.807, 2.05) is 0 Å². The second kappa shape index (κ2) is 7.88. The van der Waals surface area contributed by atoms with Crippen LogP contribution in [0.4, 0.5) is 18.9 Å². The third-order valence-electron chi connectivity index (χ3n) is 3.99. The molecule has 1 heterocycles. The second-order valence-corrected chi connectivity index (χ2v) is 6.53. The fourth-order valence-electron chi connectivity index (χ4n) is 3.10. The zero-order chi connectivity index (χ0) is 17.7. The second-order valence-electron chi connectivity index (χ2n) is 6.53. The Morgan fingerprint density at radius 1 is 1.21 bits per heavy atom. The van der Waals surface area contributed by atoms with Gasteiger partial charge in [0.05, 0.1) is 0 Å². The molecule has 0 unspecified atom stereocenters. The van der Waals surface area contributed by atoms with Gasteiger partial charge in [0.15, 0.2) is 0 Å². The van der Waals surface area contributed by atoms with Crippen molar-refractivity contribution in [2.45, 2.75) is 26.4 Å². The highest BCUT2D eigenvalue weighted by atomic mass is 19.4. The van der Waals surface area contributed by atoms with Crippen LogP contribution in [0.5, 0.6) is 5.75 Å². The van der Waals surface area contributed by atoms with Crippen LogP contribution in [0.1, 0.15) is 20.3 Å². The Morgan fingerprint density at radius 3 is 2.33 bits per heavy atom. The number of amides is 1. The summed E-state index contributed by atoms with van der Waals surface area (Å²) < 4.78 is 42.1. The van der Waals surface area contributed by atoms with Crippen molar-refractivity contribution >= 4 is 11.6 Å². The van der Waals surface area contributed by atoms with E-state index in [1.165, 1.54) is 18.6 Å². The monoisotopic (exact) mass is 344 g/mol. The maximum absolute atomic E-state index is 12.2. The summed E-state index contributed by atoms with van der Waals surface area (Å²) in [7, 11) is 0. The highest BCUT2D eigenvalue weighted by molar-refractivity contribution is 5.94. The number of anilines is 1. The Morgan fingerprint density at radius 2 is 1.79 bits per heavy atom. The molecular weight excluding hydrogens is 321 g/mol. The molecular formula is C17H23F3N2O2. The maximum Gasteiger partial charge on any atom is 0.471 e. The van der Waals surface area contributed by atoms with Crippen LogP contribution >= 0.6 is 0 Å². The SMILES string of the molecule is C[C@@H]1C[C@@H](C)CN(CCOc2ccc(NC(=O)C(F)(F)F)cc2)C1. The molecule has 0 aliphatic carbocycles. The maximum atomic E-state index is 12.2. The molecule has 2 atom stereocenters. The van der Waals surface area contributed by atoms with Gasteiger partial charge in [0.2, 0.25) is 0 Å². The van der Waals surface area contributed by atoms with Crippen molar-refractivity contribution in [3.63, 3.8) is 0 Å². The summed E-state index contributed by atoms with van der Waals surface area (Å²) in [5.74, 6) is -0.0434. The molecule has 7 heteroatoms. The number of ether oxygens (including phenoxy) is 1. The van der Waals surface area contributed by atoms with Gasteiger partial charge in [-0.2, -0.15) is 13.2 Å². The van der Waals surface area contributed by atoms with E-state index in [1.54, 1.807) is 17.4 Å². The van der Waals surface area contributed by atoms with E-state index in [4.69, 9.17) is 4.74 Å². The number of benzene rings is 1. The van der Waals surface area contributed by atoms with Gasteiger partial charge in [-0.15, -0.1) is 0 Å². The van der Waals surface area contributed by atoms with Crippen LogP contribution in [0.2, 0.25) is 0 Å². The van der Waals surface area contributed by atoms with Gasteiger partial charge in [-0.1, -0.05) is 13.8 Å². The molecule has 1 amide bonds. The van der Waals surface area contributed by atoms with E-state index in [2.05, 4.69) is 18.7 Å². The molecule has 1 aromatic carbocycles. The van der Waals surface area contributed by atoms with E-state index in [-0.39, 0.29) is 5.69 Å². The molecule has 1 N–H and O–H groups in total.